The molecule has 5 heteroatoms. The van der Waals surface area contributed by atoms with Gasteiger partial charge in [0, 0.05) is 18.3 Å². The highest BCUT2D eigenvalue weighted by atomic mass is 16.5. The number of nitrogens with zero attached hydrogens (tertiary/aromatic N) is 1. The normalized spacial score (nSPS) is 22.2. The van der Waals surface area contributed by atoms with E-state index in [1.165, 1.54) is 25.7 Å². The van der Waals surface area contributed by atoms with Crippen LogP contribution >= 0.6 is 0 Å². The molecule has 0 aromatic heterocycles. The van der Waals surface area contributed by atoms with E-state index in [0.29, 0.717) is 23.4 Å². The Hall–Kier alpha value is -1.91. The van der Waals surface area contributed by atoms with Crippen LogP contribution in [0, 0.1) is 11.8 Å². The maximum atomic E-state index is 5.98. The van der Waals surface area contributed by atoms with E-state index in [-0.39, 0.29) is 0 Å². The van der Waals surface area contributed by atoms with Crippen molar-refractivity contribution in [3.05, 3.63) is 18.2 Å². The molecule has 0 unspecified atom stereocenters. The molecule has 5 nitrogen and oxygen atoms in total. The minimum absolute atomic E-state index is 0.450. The fourth-order valence-electron chi connectivity index (χ4n) is 2.84. The lowest BCUT2D eigenvalue weighted by molar-refractivity contribution is 0.296. The van der Waals surface area contributed by atoms with Gasteiger partial charge in [-0.05, 0) is 36.8 Å². The molecule has 0 aliphatic heterocycles. The fraction of sp³-hybridized carbons (Fsp3) is 0.588. The van der Waals surface area contributed by atoms with E-state index in [1.54, 1.807) is 14.2 Å². The Balaban J connectivity index is 1.90. The summed E-state index contributed by atoms with van der Waals surface area (Å²) in [6.45, 7) is 3.13. The molecule has 0 radical (unpaired) electrons. The first kappa shape index (κ1) is 16.5. The number of nitrogens with one attached hydrogen (secondary N) is 1. The van der Waals surface area contributed by atoms with Crippen molar-refractivity contribution >= 4 is 11.6 Å². The second-order valence-corrected chi connectivity index (χ2v) is 6.05. The molecule has 22 heavy (non-hydrogen) atoms. The van der Waals surface area contributed by atoms with Crippen LogP contribution in [0.1, 0.15) is 32.6 Å². The van der Waals surface area contributed by atoms with Gasteiger partial charge in [0.25, 0.3) is 0 Å². The summed E-state index contributed by atoms with van der Waals surface area (Å²) in [5.74, 6) is 3.34. The number of hydrogen-bond acceptors (Lipinski definition) is 3. The first-order valence-electron chi connectivity index (χ1n) is 7.91. The van der Waals surface area contributed by atoms with Crippen molar-refractivity contribution in [3.63, 3.8) is 0 Å². The Morgan fingerprint density at radius 1 is 1.18 bits per heavy atom. The largest absolute Gasteiger partial charge is 0.493 e. The number of guanidine groups is 1. The van der Waals surface area contributed by atoms with Gasteiger partial charge in [-0.25, -0.2) is 0 Å². The fourth-order valence-corrected chi connectivity index (χ4v) is 2.84. The number of hydrogen-bond donors (Lipinski definition) is 2. The highest BCUT2D eigenvalue weighted by molar-refractivity contribution is 5.92. The van der Waals surface area contributed by atoms with E-state index < -0.39 is 0 Å². The molecule has 1 aliphatic carbocycles. The third-order valence-corrected chi connectivity index (χ3v) is 4.31. The lowest BCUT2D eigenvalue weighted by Crippen LogP contribution is -2.24. The summed E-state index contributed by atoms with van der Waals surface area (Å²) in [5, 5.41) is 3.11. The SMILES string of the molecule is COc1ccc(NC(N)=NCC2CCC(C)CC2)cc1OC. The number of aliphatic imine (C=N–C) groups is 1. The molecule has 0 saturated heterocycles. The van der Waals surface area contributed by atoms with Crippen molar-refractivity contribution in [1.29, 1.82) is 0 Å². The van der Waals surface area contributed by atoms with Gasteiger partial charge in [-0.1, -0.05) is 19.8 Å². The monoisotopic (exact) mass is 305 g/mol. The zero-order valence-corrected chi connectivity index (χ0v) is 13.8. The van der Waals surface area contributed by atoms with Crippen LogP contribution in [-0.2, 0) is 0 Å². The number of anilines is 1. The summed E-state index contributed by atoms with van der Waals surface area (Å²) in [5.41, 5.74) is 6.82. The third kappa shape index (κ3) is 4.55. The van der Waals surface area contributed by atoms with Crippen molar-refractivity contribution in [3.8, 4) is 11.5 Å². The number of nitrogens with two attached hydrogens (primary N) is 1. The summed E-state index contributed by atoms with van der Waals surface area (Å²) in [7, 11) is 3.23. The van der Waals surface area contributed by atoms with E-state index >= 15 is 0 Å². The number of ether oxygens (including phenoxy) is 2. The molecule has 1 aromatic carbocycles. The average Bonchev–Trinajstić information content (AvgIpc) is 2.54. The van der Waals surface area contributed by atoms with Crippen LogP contribution < -0.4 is 20.5 Å². The van der Waals surface area contributed by atoms with Gasteiger partial charge >= 0.3 is 0 Å². The van der Waals surface area contributed by atoms with Crippen molar-refractivity contribution < 1.29 is 9.47 Å². The Kier molecular flexibility index (Phi) is 5.92. The Labute approximate surface area is 132 Å². The number of benzene rings is 1. The lowest BCUT2D eigenvalue weighted by atomic mass is 9.83. The Bertz CT molecular complexity index is 509. The van der Waals surface area contributed by atoms with Gasteiger partial charge < -0.3 is 20.5 Å². The van der Waals surface area contributed by atoms with Crippen molar-refractivity contribution in [1.82, 2.24) is 0 Å². The molecule has 0 bridgehead atoms. The van der Waals surface area contributed by atoms with Crippen molar-refractivity contribution in [2.75, 3.05) is 26.1 Å². The zero-order valence-electron chi connectivity index (χ0n) is 13.8. The molecular weight excluding hydrogens is 278 g/mol. The first-order chi connectivity index (χ1) is 10.6. The van der Waals surface area contributed by atoms with Crippen LogP contribution in [0.15, 0.2) is 23.2 Å². The predicted octanol–water partition coefficient (Wildman–Crippen LogP) is 3.26. The van der Waals surface area contributed by atoms with Crippen LogP contribution in [0.25, 0.3) is 0 Å². The molecule has 0 atom stereocenters. The molecule has 1 saturated carbocycles. The number of methoxy groups -OCH3 is 2. The van der Waals surface area contributed by atoms with Gasteiger partial charge in [0.15, 0.2) is 17.5 Å². The molecule has 122 valence electrons. The molecule has 3 N–H and O–H groups in total. The molecule has 2 rings (SSSR count). The average molecular weight is 305 g/mol. The van der Waals surface area contributed by atoms with Crippen LogP contribution in [-0.4, -0.2) is 26.7 Å². The van der Waals surface area contributed by atoms with Crippen molar-refractivity contribution in [2.24, 2.45) is 22.6 Å². The molecule has 0 heterocycles. The van der Waals surface area contributed by atoms with Gasteiger partial charge in [0.1, 0.15) is 0 Å². The van der Waals surface area contributed by atoms with Crippen molar-refractivity contribution in [2.45, 2.75) is 32.6 Å². The summed E-state index contributed by atoms with van der Waals surface area (Å²) < 4.78 is 10.5. The van der Waals surface area contributed by atoms with E-state index in [0.717, 1.165) is 18.2 Å². The van der Waals surface area contributed by atoms with Gasteiger partial charge in [0.2, 0.25) is 0 Å². The highest BCUT2D eigenvalue weighted by Gasteiger charge is 2.17. The zero-order chi connectivity index (χ0) is 15.9. The molecule has 0 spiro atoms. The molecule has 1 fully saturated rings. The molecule has 1 aliphatic rings. The minimum atomic E-state index is 0.450. The summed E-state index contributed by atoms with van der Waals surface area (Å²) in [6.07, 6.45) is 5.13. The maximum Gasteiger partial charge on any atom is 0.193 e. The molecule has 1 aromatic rings. The molecule has 0 amide bonds. The first-order valence-corrected chi connectivity index (χ1v) is 7.91. The van der Waals surface area contributed by atoms with Gasteiger partial charge in [0.05, 0.1) is 14.2 Å². The van der Waals surface area contributed by atoms with Crippen LogP contribution in [0.2, 0.25) is 0 Å². The standard InChI is InChI=1S/C17H27N3O2/c1-12-4-6-13(7-5-12)11-19-17(18)20-14-8-9-15(21-2)16(10-14)22-3/h8-10,12-13H,4-7,11H2,1-3H3,(H3,18,19,20). The second-order valence-electron chi connectivity index (χ2n) is 6.05. The predicted molar refractivity (Wildman–Crippen MR) is 90.8 cm³/mol. The van der Waals surface area contributed by atoms with E-state index in [1.807, 2.05) is 18.2 Å². The summed E-state index contributed by atoms with van der Waals surface area (Å²) in [4.78, 5) is 4.48. The van der Waals surface area contributed by atoms with Crippen LogP contribution in [0.3, 0.4) is 0 Å². The van der Waals surface area contributed by atoms with Gasteiger partial charge in [-0.15, -0.1) is 0 Å². The lowest BCUT2D eigenvalue weighted by Gasteiger charge is -2.24. The summed E-state index contributed by atoms with van der Waals surface area (Å²) >= 11 is 0. The van der Waals surface area contributed by atoms with E-state index in [4.69, 9.17) is 15.2 Å². The quantitative estimate of drug-likeness (QED) is 0.647. The van der Waals surface area contributed by atoms with Crippen LogP contribution in [0.4, 0.5) is 5.69 Å². The number of rotatable bonds is 5. The van der Waals surface area contributed by atoms with E-state index in [9.17, 15) is 0 Å². The molecular formula is C17H27N3O2. The smallest absolute Gasteiger partial charge is 0.193 e. The summed E-state index contributed by atoms with van der Waals surface area (Å²) in [6, 6.07) is 5.59. The Morgan fingerprint density at radius 2 is 1.86 bits per heavy atom. The van der Waals surface area contributed by atoms with Crippen LogP contribution in [0.5, 0.6) is 11.5 Å². The van der Waals surface area contributed by atoms with E-state index in [2.05, 4.69) is 17.2 Å². The second kappa shape index (κ2) is 7.92. The third-order valence-electron chi connectivity index (χ3n) is 4.31. The highest BCUT2D eigenvalue weighted by Crippen LogP contribution is 2.30. The van der Waals surface area contributed by atoms with Gasteiger partial charge in [-0.3, -0.25) is 4.99 Å². The maximum absolute atomic E-state index is 5.98. The topological polar surface area (TPSA) is 68.9 Å². The van der Waals surface area contributed by atoms with Gasteiger partial charge in [-0.2, -0.15) is 0 Å². The Morgan fingerprint density at radius 3 is 2.50 bits per heavy atom. The minimum Gasteiger partial charge on any atom is -0.493 e.